The highest BCUT2D eigenvalue weighted by molar-refractivity contribution is 6.85. The largest absolute Gasteiger partial charge is 0.465 e. The van der Waals surface area contributed by atoms with Crippen LogP contribution in [0, 0.1) is 5.41 Å². The Bertz CT molecular complexity index is 275. The van der Waals surface area contributed by atoms with Crippen LogP contribution >= 0.6 is 0 Å². The molecule has 0 N–H and O–H groups in total. The normalized spacial score (nSPS) is 33.6. The molecule has 12 heavy (non-hydrogen) atoms. The van der Waals surface area contributed by atoms with Gasteiger partial charge in [0, 0.05) is 6.42 Å². The molecule has 66 valence electrons. The Labute approximate surface area is 73.6 Å². The van der Waals surface area contributed by atoms with Gasteiger partial charge in [-0.1, -0.05) is 30.9 Å². The van der Waals surface area contributed by atoms with E-state index in [0.29, 0.717) is 6.61 Å². The molecule has 1 aliphatic heterocycles. The average Bonchev–Trinajstić information content (AvgIpc) is 2.53. The molecule has 0 bridgehead atoms. The average molecular weight is 182 g/mol. The SMILES string of the molecule is C[Si](C)(C)C1=CC12CCOC2=O. The van der Waals surface area contributed by atoms with E-state index in [1.54, 1.807) is 0 Å². The molecule has 1 heterocycles. The summed E-state index contributed by atoms with van der Waals surface area (Å²) in [5.74, 6) is -0.0000694. The second-order valence-electron chi connectivity index (χ2n) is 4.67. The molecule has 0 amide bonds. The van der Waals surface area contributed by atoms with Gasteiger partial charge in [-0.05, 0) is 0 Å². The van der Waals surface area contributed by atoms with Gasteiger partial charge < -0.3 is 4.74 Å². The van der Waals surface area contributed by atoms with Gasteiger partial charge >= 0.3 is 5.97 Å². The van der Waals surface area contributed by atoms with Crippen molar-refractivity contribution in [1.82, 2.24) is 0 Å². The first kappa shape index (κ1) is 8.04. The Kier molecular flexibility index (Phi) is 1.35. The molecule has 0 aromatic carbocycles. The molecule has 1 aliphatic carbocycles. The molecular weight excluding hydrogens is 168 g/mol. The van der Waals surface area contributed by atoms with Gasteiger partial charge in [0.1, 0.15) is 5.41 Å². The highest BCUT2D eigenvalue weighted by atomic mass is 28.3. The molecule has 0 saturated carbocycles. The molecule has 1 saturated heterocycles. The Balaban J connectivity index is 2.19. The van der Waals surface area contributed by atoms with Gasteiger partial charge in [-0.3, -0.25) is 4.79 Å². The van der Waals surface area contributed by atoms with E-state index in [2.05, 4.69) is 25.7 Å². The molecule has 2 nitrogen and oxygen atoms in total. The molecular formula is C9H14O2Si. The summed E-state index contributed by atoms with van der Waals surface area (Å²) in [6.45, 7) is 7.45. The lowest BCUT2D eigenvalue weighted by molar-refractivity contribution is -0.141. The third kappa shape index (κ3) is 0.890. The Morgan fingerprint density at radius 1 is 1.50 bits per heavy atom. The minimum Gasteiger partial charge on any atom is -0.465 e. The fraction of sp³-hybridized carbons (Fsp3) is 0.667. The van der Waals surface area contributed by atoms with E-state index in [1.807, 2.05) is 0 Å². The fourth-order valence-electron chi connectivity index (χ4n) is 2.01. The van der Waals surface area contributed by atoms with Crippen LogP contribution in [-0.4, -0.2) is 20.7 Å². The Hall–Kier alpha value is -0.573. The van der Waals surface area contributed by atoms with Crippen LogP contribution in [-0.2, 0) is 9.53 Å². The molecule has 0 aromatic heterocycles. The van der Waals surface area contributed by atoms with Crippen LogP contribution in [0.15, 0.2) is 11.3 Å². The van der Waals surface area contributed by atoms with E-state index in [-0.39, 0.29) is 11.4 Å². The molecule has 1 spiro atoms. The van der Waals surface area contributed by atoms with Crippen molar-refractivity contribution in [3.63, 3.8) is 0 Å². The second kappa shape index (κ2) is 2.02. The van der Waals surface area contributed by atoms with Gasteiger partial charge in [-0.15, -0.1) is 0 Å². The Morgan fingerprint density at radius 2 is 2.17 bits per heavy atom. The minimum atomic E-state index is -1.24. The van der Waals surface area contributed by atoms with E-state index in [1.165, 1.54) is 5.20 Å². The zero-order chi connectivity index (χ0) is 8.98. The van der Waals surface area contributed by atoms with Crippen molar-refractivity contribution in [3.8, 4) is 0 Å². The third-order valence-corrected chi connectivity index (χ3v) is 4.90. The number of esters is 1. The minimum absolute atomic E-state index is 0.0000694. The molecule has 0 radical (unpaired) electrons. The predicted octanol–water partition coefficient (Wildman–Crippen LogP) is 1.74. The lowest BCUT2D eigenvalue weighted by Gasteiger charge is -2.16. The highest BCUT2D eigenvalue weighted by Gasteiger charge is 2.58. The summed E-state index contributed by atoms with van der Waals surface area (Å²) in [7, 11) is -1.24. The number of ether oxygens (including phenoxy) is 1. The zero-order valence-electron chi connectivity index (χ0n) is 7.81. The number of carbonyl (C=O) groups is 1. The van der Waals surface area contributed by atoms with Crippen LogP contribution in [0.25, 0.3) is 0 Å². The molecule has 2 aliphatic rings. The van der Waals surface area contributed by atoms with E-state index >= 15 is 0 Å². The third-order valence-electron chi connectivity index (χ3n) is 2.69. The standard InChI is InChI=1S/C9H14O2Si/c1-12(2,3)7-6-9(7)4-5-11-8(9)10/h6H,4-5H2,1-3H3. The van der Waals surface area contributed by atoms with Crippen molar-refractivity contribution in [2.24, 2.45) is 5.41 Å². The lowest BCUT2D eigenvalue weighted by Crippen LogP contribution is -2.27. The van der Waals surface area contributed by atoms with Crippen LogP contribution < -0.4 is 0 Å². The van der Waals surface area contributed by atoms with Gasteiger partial charge in [-0.2, -0.15) is 0 Å². The van der Waals surface area contributed by atoms with Crippen LogP contribution in [0.3, 0.4) is 0 Å². The number of carbonyl (C=O) groups excluding carboxylic acids is 1. The maximum absolute atomic E-state index is 11.4. The summed E-state index contributed by atoms with van der Waals surface area (Å²) in [6.07, 6.45) is 3.03. The van der Waals surface area contributed by atoms with Crippen molar-refractivity contribution in [3.05, 3.63) is 11.3 Å². The quantitative estimate of drug-likeness (QED) is 0.456. The summed E-state index contributed by atoms with van der Waals surface area (Å²) >= 11 is 0. The maximum Gasteiger partial charge on any atom is 0.319 e. The van der Waals surface area contributed by atoms with Gasteiger partial charge in [0.25, 0.3) is 0 Å². The van der Waals surface area contributed by atoms with Crippen molar-refractivity contribution >= 4 is 14.0 Å². The molecule has 0 aromatic rings. The van der Waals surface area contributed by atoms with Crippen molar-refractivity contribution in [2.75, 3.05) is 6.61 Å². The topological polar surface area (TPSA) is 26.3 Å². The lowest BCUT2D eigenvalue weighted by atomic mass is 10.0. The maximum atomic E-state index is 11.4. The van der Waals surface area contributed by atoms with Gasteiger partial charge in [-0.25, -0.2) is 0 Å². The summed E-state index contributed by atoms with van der Waals surface area (Å²) in [5.41, 5.74) is -0.204. The van der Waals surface area contributed by atoms with Gasteiger partial charge in [0.05, 0.1) is 14.7 Å². The number of rotatable bonds is 1. The monoisotopic (exact) mass is 182 g/mol. The number of hydrogen-bond donors (Lipinski definition) is 0. The summed E-state index contributed by atoms with van der Waals surface area (Å²) < 4.78 is 4.99. The fourth-order valence-corrected chi connectivity index (χ4v) is 4.25. The first-order chi connectivity index (χ1) is 5.47. The van der Waals surface area contributed by atoms with Crippen LogP contribution in [0.1, 0.15) is 6.42 Å². The van der Waals surface area contributed by atoms with E-state index in [9.17, 15) is 4.79 Å². The number of cyclic esters (lactones) is 1. The van der Waals surface area contributed by atoms with E-state index in [0.717, 1.165) is 6.42 Å². The smallest absolute Gasteiger partial charge is 0.319 e. The van der Waals surface area contributed by atoms with Gasteiger partial charge in [0.2, 0.25) is 0 Å². The molecule has 2 rings (SSSR count). The van der Waals surface area contributed by atoms with E-state index in [4.69, 9.17) is 4.74 Å². The summed E-state index contributed by atoms with van der Waals surface area (Å²) in [5, 5.41) is 1.40. The summed E-state index contributed by atoms with van der Waals surface area (Å²) in [4.78, 5) is 11.4. The van der Waals surface area contributed by atoms with Crippen molar-refractivity contribution < 1.29 is 9.53 Å². The van der Waals surface area contributed by atoms with Crippen LogP contribution in [0.4, 0.5) is 0 Å². The molecule has 1 atom stereocenters. The molecule has 3 heteroatoms. The van der Waals surface area contributed by atoms with Gasteiger partial charge in [0.15, 0.2) is 0 Å². The predicted molar refractivity (Wildman–Crippen MR) is 49.4 cm³/mol. The van der Waals surface area contributed by atoms with Crippen LogP contribution in [0.2, 0.25) is 19.6 Å². The zero-order valence-corrected chi connectivity index (χ0v) is 8.81. The van der Waals surface area contributed by atoms with E-state index < -0.39 is 8.07 Å². The first-order valence-electron chi connectivity index (χ1n) is 4.38. The molecule has 1 fully saturated rings. The van der Waals surface area contributed by atoms with Crippen LogP contribution in [0.5, 0.6) is 0 Å². The number of hydrogen-bond acceptors (Lipinski definition) is 2. The van der Waals surface area contributed by atoms with Crippen molar-refractivity contribution in [1.29, 1.82) is 0 Å². The summed E-state index contributed by atoms with van der Waals surface area (Å²) in [6, 6.07) is 0. The second-order valence-corrected chi connectivity index (χ2v) is 9.70. The van der Waals surface area contributed by atoms with Crippen molar-refractivity contribution in [2.45, 2.75) is 26.1 Å². The first-order valence-corrected chi connectivity index (χ1v) is 7.88. The Morgan fingerprint density at radius 3 is 2.50 bits per heavy atom. The molecule has 1 unspecified atom stereocenters. The highest BCUT2D eigenvalue weighted by Crippen LogP contribution is 2.55.